The van der Waals surface area contributed by atoms with Crippen molar-refractivity contribution in [1.82, 2.24) is 0 Å². The molecule has 1 saturated heterocycles. The van der Waals surface area contributed by atoms with Crippen LogP contribution in [-0.4, -0.2) is 53.6 Å². The number of ether oxygens (including phenoxy) is 2. The predicted molar refractivity (Wildman–Crippen MR) is 145 cm³/mol. The summed E-state index contributed by atoms with van der Waals surface area (Å²) in [5.74, 6) is -3.22. The van der Waals surface area contributed by atoms with E-state index in [2.05, 4.69) is 5.32 Å². The Bertz CT molecular complexity index is 1240. The molecule has 0 spiro atoms. The Morgan fingerprint density at radius 2 is 1.33 bits per heavy atom. The minimum atomic E-state index is -0.748. The third-order valence-electron chi connectivity index (χ3n) is 6.56. The second-order valence-electron chi connectivity index (χ2n) is 9.97. The molecule has 11 heteroatoms. The van der Waals surface area contributed by atoms with Crippen molar-refractivity contribution < 1.29 is 33.4 Å². The van der Waals surface area contributed by atoms with Crippen LogP contribution < -0.4 is 10.2 Å². The van der Waals surface area contributed by atoms with E-state index in [1.807, 2.05) is 13.8 Å². The van der Waals surface area contributed by atoms with Gasteiger partial charge in [0.05, 0.1) is 46.0 Å². The summed E-state index contributed by atoms with van der Waals surface area (Å²) >= 11 is 12.4. The first-order valence-electron chi connectivity index (χ1n) is 12.5. The molecule has 206 valence electrons. The van der Waals surface area contributed by atoms with E-state index in [4.69, 9.17) is 32.7 Å². The van der Waals surface area contributed by atoms with Crippen molar-refractivity contribution in [3.05, 3.63) is 59.7 Å². The van der Waals surface area contributed by atoms with Gasteiger partial charge in [0.2, 0.25) is 11.8 Å². The number of amides is 3. The number of fused-ring (bicyclic) bond motifs is 1. The van der Waals surface area contributed by atoms with Crippen LogP contribution in [0.15, 0.2) is 48.5 Å². The summed E-state index contributed by atoms with van der Waals surface area (Å²) in [6.45, 7) is 3.64. The van der Waals surface area contributed by atoms with Crippen LogP contribution in [0.5, 0.6) is 0 Å². The summed E-state index contributed by atoms with van der Waals surface area (Å²) in [6, 6.07) is 11.9. The average Bonchev–Trinajstić information content (AvgIpc) is 3.15. The molecule has 4 rings (SSSR count). The number of nitrogens with zero attached hydrogens (tertiary/aromatic N) is 1. The van der Waals surface area contributed by atoms with Crippen LogP contribution in [0.2, 0.25) is 0 Å². The van der Waals surface area contributed by atoms with E-state index >= 15 is 0 Å². The Morgan fingerprint density at radius 3 is 1.85 bits per heavy atom. The van der Waals surface area contributed by atoms with Crippen LogP contribution in [0, 0.1) is 17.8 Å². The van der Waals surface area contributed by atoms with Gasteiger partial charge >= 0.3 is 11.9 Å². The van der Waals surface area contributed by atoms with Crippen LogP contribution >= 0.6 is 23.2 Å². The fourth-order valence-corrected chi connectivity index (χ4v) is 5.11. The summed E-state index contributed by atoms with van der Waals surface area (Å²) in [5.41, 5.74) is 1.25. The van der Waals surface area contributed by atoms with E-state index in [1.165, 1.54) is 36.4 Å². The minimum absolute atomic E-state index is 0.147. The molecule has 3 amide bonds. The van der Waals surface area contributed by atoms with Crippen molar-refractivity contribution >= 4 is 64.2 Å². The number of imide groups is 1. The number of halogens is 2. The minimum Gasteiger partial charge on any atom is -0.462 e. The molecule has 1 aliphatic carbocycles. The number of benzene rings is 2. The van der Waals surface area contributed by atoms with Gasteiger partial charge in [0, 0.05) is 5.69 Å². The van der Waals surface area contributed by atoms with Crippen molar-refractivity contribution in [2.75, 3.05) is 23.4 Å². The lowest BCUT2D eigenvalue weighted by Gasteiger charge is -2.28. The summed E-state index contributed by atoms with van der Waals surface area (Å²) in [6.07, 6.45) is 0.672. The van der Waals surface area contributed by atoms with Gasteiger partial charge in [0.25, 0.3) is 5.91 Å². The first kappa shape index (κ1) is 28.6. The second kappa shape index (κ2) is 12.2. The van der Waals surface area contributed by atoms with Gasteiger partial charge < -0.3 is 14.8 Å². The van der Waals surface area contributed by atoms with Gasteiger partial charge in [0.15, 0.2) is 6.61 Å². The zero-order valence-corrected chi connectivity index (χ0v) is 22.9. The van der Waals surface area contributed by atoms with Crippen LogP contribution in [0.3, 0.4) is 0 Å². The summed E-state index contributed by atoms with van der Waals surface area (Å²) in [4.78, 5) is 63.6. The topological polar surface area (TPSA) is 119 Å². The smallest absolute Gasteiger partial charge is 0.338 e. The molecule has 9 nitrogen and oxygen atoms in total. The quantitative estimate of drug-likeness (QED) is 0.281. The Hall–Kier alpha value is -3.43. The van der Waals surface area contributed by atoms with E-state index in [0.717, 1.165) is 4.90 Å². The van der Waals surface area contributed by atoms with Crippen molar-refractivity contribution in [1.29, 1.82) is 0 Å². The summed E-state index contributed by atoms with van der Waals surface area (Å²) in [5, 5.41) is 1.83. The third kappa shape index (κ3) is 6.59. The number of hydrogen-bond acceptors (Lipinski definition) is 7. The van der Waals surface area contributed by atoms with Gasteiger partial charge in [-0.3, -0.25) is 19.3 Å². The van der Waals surface area contributed by atoms with Crippen molar-refractivity contribution in [2.45, 2.75) is 37.4 Å². The number of esters is 2. The van der Waals surface area contributed by atoms with Crippen LogP contribution in [0.4, 0.5) is 11.4 Å². The SMILES string of the molecule is CC(C)COC(=O)c1ccc(NC(=O)COC(=O)c2ccc(N3C(=O)[C@@H]4C[C@@H](Cl)[C@@H](Cl)C[C@H]4C3=O)cc2)cc1. The van der Waals surface area contributed by atoms with Gasteiger partial charge in [-0.25, -0.2) is 9.59 Å². The number of carbonyl (C=O) groups is 5. The predicted octanol–water partition coefficient (Wildman–Crippen LogP) is 4.41. The average molecular weight is 575 g/mol. The van der Waals surface area contributed by atoms with Crippen molar-refractivity contribution in [3.8, 4) is 0 Å². The van der Waals surface area contributed by atoms with Gasteiger partial charge in [-0.1, -0.05) is 13.8 Å². The molecule has 1 N–H and O–H groups in total. The largest absolute Gasteiger partial charge is 0.462 e. The number of carbonyl (C=O) groups excluding carboxylic acids is 5. The highest BCUT2D eigenvalue weighted by Gasteiger charge is 2.52. The van der Waals surface area contributed by atoms with Gasteiger partial charge in [0.1, 0.15) is 0 Å². The Balaban J connectivity index is 1.29. The lowest BCUT2D eigenvalue weighted by molar-refractivity contribution is -0.122. The van der Waals surface area contributed by atoms with E-state index in [0.29, 0.717) is 36.4 Å². The molecule has 2 aliphatic rings. The molecule has 39 heavy (non-hydrogen) atoms. The zero-order chi connectivity index (χ0) is 28.3. The van der Waals surface area contributed by atoms with Gasteiger partial charge in [-0.2, -0.15) is 0 Å². The first-order chi connectivity index (χ1) is 18.5. The molecule has 0 radical (unpaired) electrons. The normalized spacial score (nSPS) is 22.4. The Labute approximate surface area is 235 Å². The Kier molecular flexibility index (Phi) is 8.92. The maximum absolute atomic E-state index is 12.9. The lowest BCUT2D eigenvalue weighted by Crippen LogP contribution is -2.34. The molecule has 0 unspecified atom stereocenters. The standard InChI is InChI=1S/C28H28Cl2N2O7/c1-15(2)13-38-27(36)16-3-7-18(8-4-16)31-24(33)14-39-28(37)17-5-9-19(10-6-17)32-25(34)20-11-22(29)23(30)12-21(20)26(32)35/h3-10,15,20-23H,11-14H2,1-2H3,(H,31,33)/t20-,21-,22-,23+/m1/s1. The molecule has 1 saturated carbocycles. The highest BCUT2D eigenvalue weighted by molar-refractivity contribution is 6.31. The molecule has 1 aliphatic heterocycles. The maximum Gasteiger partial charge on any atom is 0.338 e. The third-order valence-corrected chi connectivity index (χ3v) is 7.65. The fourth-order valence-electron chi connectivity index (χ4n) is 4.52. The monoisotopic (exact) mass is 574 g/mol. The van der Waals surface area contributed by atoms with Crippen LogP contribution in [-0.2, 0) is 23.9 Å². The molecule has 2 aromatic rings. The molecule has 4 atom stereocenters. The number of hydrogen-bond donors (Lipinski definition) is 1. The van der Waals surface area contributed by atoms with E-state index in [1.54, 1.807) is 12.1 Å². The first-order valence-corrected chi connectivity index (χ1v) is 13.4. The number of anilines is 2. The van der Waals surface area contributed by atoms with Crippen LogP contribution in [0.1, 0.15) is 47.4 Å². The molecule has 2 fully saturated rings. The number of nitrogens with one attached hydrogen (secondary N) is 1. The van der Waals surface area contributed by atoms with Crippen molar-refractivity contribution in [2.24, 2.45) is 17.8 Å². The zero-order valence-electron chi connectivity index (χ0n) is 21.4. The highest BCUT2D eigenvalue weighted by Crippen LogP contribution is 2.43. The molecular weight excluding hydrogens is 547 g/mol. The summed E-state index contributed by atoms with van der Waals surface area (Å²) < 4.78 is 10.2. The number of rotatable bonds is 8. The maximum atomic E-state index is 12.9. The lowest BCUT2D eigenvalue weighted by atomic mass is 9.80. The van der Waals surface area contributed by atoms with E-state index < -0.39 is 36.3 Å². The molecule has 1 heterocycles. The van der Waals surface area contributed by atoms with Gasteiger partial charge in [-0.05, 0) is 67.3 Å². The number of alkyl halides is 2. The molecule has 0 aromatic heterocycles. The van der Waals surface area contributed by atoms with Gasteiger partial charge in [-0.15, -0.1) is 23.2 Å². The molecule has 2 aromatic carbocycles. The summed E-state index contributed by atoms with van der Waals surface area (Å²) in [7, 11) is 0. The molecular formula is C28H28Cl2N2O7. The highest BCUT2D eigenvalue weighted by atomic mass is 35.5. The van der Waals surface area contributed by atoms with Crippen molar-refractivity contribution in [3.63, 3.8) is 0 Å². The second-order valence-corrected chi connectivity index (χ2v) is 11.1. The Morgan fingerprint density at radius 1 is 0.846 bits per heavy atom. The van der Waals surface area contributed by atoms with E-state index in [-0.39, 0.29) is 34.0 Å². The van der Waals surface area contributed by atoms with E-state index in [9.17, 15) is 24.0 Å². The van der Waals surface area contributed by atoms with Crippen LogP contribution in [0.25, 0.3) is 0 Å². The fraction of sp³-hybridized carbons (Fsp3) is 0.393. The molecule has 0 bridgehead atoms.